The number of ether oxygens (including phenoxy) is 1. The van der Waals surface area contributed by atoms with Crippen molar-refractivity contribution in [2.75, 3.05) is 5.32 Å². The van der Waals surface area contributed by atoms with E-state index in [1.54, 1.807) is 18.2 Å². The molecule has 0 spiro atoms. The van der Waals surface area contributed by atoms with Crippen molar-refractivity contribution < 1.29 is 20.8 Å². The molecule has 3 unspecified atom stereocenters. The number of carbonyl (C=O) groups is 2. The van der Waals surface area contributed by atoms with Gasteiger partial charge in [-0.1, -0.05) is 89.9 Å². The minimum Gasteiger partial charge on any atom is -0.479 e. The first-order valence-corrected chi connectivity index (χ1v) is 12.6. The van der Waals surface area contributed by atoms with Crippen LogP contribution in [0.3, 0.4) is 0 Å². The van der Waals surface area contributed by atoms with Gasteiger partial charge in [0.1, 0.15) is 0 Å². The summed E-state index contributed by atoms with van der Waals surface area (Å²) in [5, 5.41) is 18.5. The fraction of sp³-hybridized carbons (Fsp3) is 0.250. The van der Waals surface area contributed by atoms with Gasteiger partial charge in [0.25, 0.3) is 0 Å². The van der Waals surface area contributed by atoms with E-state index in [9.17, 15) is 14.7 Å². The number of hydrazone groups is 1. The zero-order valence-electron chi connectivity index (χ0n) is 20.8. The largest absolute Gasteiger partial charge is 0.479 e. The molecule has 3 atom stereocenters. The molecule has 4 rings (SSSR count). The summed E-state index contributed by atoms with van der Waals surface area (Å²) < 4.78 is 15.0. The SMILES string of the molecule is [3H]c1cc(Br)ccc1NC(=O)N1N=C(OC(CCCC)C(=O)O)C(c2ccccc2)C1c1ccccc1. The maximum Gasteiger partial charge on any atom is 0.344 e. The van der Waals surface area contributed by atoms with Crippen LogP contribution in [0.15, 0.2) is 94.5 Å². The van der Waals surface area contributed by atoms with Crippen molar-refractivity contribution in [1.82, 2.24) is 5.01 Å². The van der Waals surface area contributed by atoms with Gasteiger partial charge in [0.2, 0.25) is 5.90 Å². The third-order valence-corrected chi connectivity index (χ3v) is 6.43. The number of carbonyl (C=O) groups excluding carboxylic acids is 1. The molecule has 8 heteroatoms. The summed E-state index contributed by atoms with van der Waals surface area (Å²) >= 11 is 3.33. The molecular weight excluding hydrogens is 522 g/mol. The first kappa shape index (κ1) is 24.1. The van der Waals surface area contributed by atoms with Crippen molar-refractivity contribution in [2.45, 2.75) is 44.2 Å². The molecule has 2 N–H and O–H groups in total. The van der Waals surface area contributed by atoms with Crippen LogP contribution in [-0.2, 0) is 9.53 Å². The number of nitrogens with zero attached hydrogens (tertiary/aromatic N) is 2. The topological polar surface area (TPSA) is 91.2 Å². The molecule has 2 amide bonds. The highest BCUT2D eigenvalue weighted by Gasteiger charge is 2.45. The number of amides is 2. The second kappa shape index (κ2) is 11.9. The number of carboxylic acids is 1. The quantitative estimate of drug-likeness (QED) is 0.322. The third kappa shape index (κ3) is 5.94. The molecular formula is C28H28BrN3O4. The van der Waals surface area contributed by atoms with Crippen LogP contribution in [0.2, 0.25) is 0 Å². The highest BCUT2D eigenvalue weighted by atomic mass is 79.9. The van der Waals surface area contributed by atoms with E-state index in [0.29, 0.717) is 18.5 Å². The molecule has 0 aromatic heterocycles. The van der Waals surface area contributed by atoms with E-state index in [1.807, 2.05) is 67.6 Å². The molecule has 0 fully saturated rings. The average molecular weight is 552 g/mol. The Bertz CT molecular complexity index is 1270. The normalized spacial score (nSPS) is 18.2. The van der Waals surface area contributed by atoms with Crippen LogP contribution in [0.1, 0.15) is 50.6 Å². The highest BCUT2D eigenvalue weighted by molar-refractivity contribution is 9.10. The first-order chi connectivity index (χ1) is 17.9. The number of anilines is 1. The summed E-state index contributed by atoms with van der Waals surface area (Å²) in [5.74, 6) is -1.44. The van der Waals surface area contributed by atoms with Crippen LogP contribution in [0.5, 0.6) is 0 Å². The Morgan fingerprint density at radius 2 is 1.75 bits per heavy atom. The van der Waals surface area contributed by atoms with E-state index in [0.717, 1.165) is 22.0 Å². The van der Waals surface area contributed by atoms with Crippen molar-refractivity contribution >= 4 is 39.5 Å². The summed E-state index contributed by atoms with van der Waals surface area (Å²) in [6.45, 7) is 1.99. The number of benzene rings is 3. The third-order valence-electron chi connectivity index (χ3n) is 5.93. The highest BCUT2D eigenvalue weighted by Crippen LogP contribution is 2.43. The monoisotopic (exact) mass is 551 g/mol. The number of rotatable bonds is 8. The van der Waals surface area contributed by atoms with Gasteiger partial charge in [-0.3, -0.25) is 0 Å². The van der Waals surface area contributed by atoms with Gasteiger partial charge in [0, 0.05) is 10.2 Å². The molecule has 3 aromatic rings. The van der Waals surface area contributed by atoms with Crippen molar-refractivity contribution in [2.24, 2.45) is 5.10 Å². The molecule has 0 aliphatic carbocycles. The molecule has 186 valence electrons. The maximum atomic E-state index is 13.6. The lowest BCUT2D eigenvalue weighted by atomic mass is 9.87. The van der Waals surface area contributed by atoms with Crippen LogP contribution >= 0.6 is 15.9 Å². The standard InChI is InChI=1S/C28H28BrN3O4/c1-2-3-14-23(27(33)34)36-26-24(19-10-6-4-7-11-19)25(20-12-8-5-9-13-20)32(31-26)28(35)30-22-17-15-21(29)16-18-22/h4-13,15-18,23-25H,2-3,14H2,1H3,(H,30,35)(H,33,34)/i17T. The van der Waals surface area contributed by atoms with E-state index < -0.39 is 30.1 Å². The molecule has 1 aliphatic heterocycles. The van der Waals surface area contributed by atoms with Crippen molar-refractivity contribution in [3.63, 3.8) is 0 Å². The smallest absolute Gasteiger partial charge is 0.344 e. The summed E-state index contributed by atoms with van der Waals surface area (Å²) in [7, 11) is 0. The van der Waals surface area contributed by atoms with E-state index in [2.05, 4.69) is 26.3 Å². The number of carboxylic acid groups (broad SMARTS) is 1. The van der Waals surface area contributed by atoms with Gasteiger partial charge in [0.05, 0.1) is 13.3 Å². The first-order valence-electron chi connectivity index (χ1n) is 12.3. The van der Waals surface area contributed by atoms with E-state index >= 15 is 0 Å². The van der Waals surface area contributed by atoms with E-state index in [4.69, 9.17) is 6.11 Å². The van der Waals surface area contributed by atoms with Gasteiger partial charge in [-0.25, -0.2) is 14.6 Å². The number of halogens is 1. The number of urea groups is 1. The van der Waals surface area contributed by atoms with Crippen LogP contribution in [-0.4, -0.2) is 34.1 Å². The van der Waals surface area contributed by atoms with Gasteiger partial charge in [-0.2, -0.15) is 0 Å². The van der Waals surface area contributed by atoms with Gasteiger partial charge >= 0.3 is 12.0 Å². The van der Waals surface area contributed by atoms with Crippen molar-refractivity contribution in [3.8, 4) is 0 Å². The Kier molecular flexibility index (Phi) is 7.93. The van der Waals surface area contributed by atoms with Gasteiger partial charge in [-0.05, 0) is 48.2 Å². The minimum atomic E-state index is -1.09. The number of hydrogen-bond acceptors (Lipinski definition) is 4. The zero-order valence-corrected chi connectivity index (χ0v) is 21.4. The molecule has 3 aromatic carbocycles. The van der Waals surface area contributed by atoms with E-state index in [1.165, 1.54) is 5.01 Å². The molecule has 0 saturated carbocycles. The molecule has 36 heavy (non-hydrogen) atoms. The average Bonchev–Trinajstić information content (AvgIpc) is 3.28. The molecule has 0 bridgehead atoms. The lowest BCUT2D eigenvalue weighted by Gasteiger charge is -2.27. The molecule has 1 heterocycles. The van der Waals surface area contributed by atoms with Gasteiger partial charge in [0.15, 0.2) is 6.10 Å². The van der Waals surface area contributed by atoms with Crippen molar-refractivity contribution in [1.29, 1.82) is 0 Å². The summed E-state index contributed by atoms with van der Waals surface area (Å²) in [6, 6.07) is 22.9. The lowest BCUT2D eigenvalue weighted by Crippen LogP contribution is -2.34. The van der Waals surface area contributed by atoms with Crippen molar-refractivity contribution in [3.05, 3.63) is 101 Å². The number of unbranched alkanes of at least 4 members (excludes halogenated alkanes) is 1. The molecule has 7 nitrogen and oxygen atoms in total. The van der Waals surface area contributed by atoms with Crippen LogP contribution in [0.4, 0.5) is 10.5 Å². The van der Waals surface area contributed by atoms with Gasteiger partial charge in [-0.15, -0.1) is 5.10 Å². The maximum absolute atomic E-state index is 13.6. The fourth-order valence-corrected chi connectivity index (χ4v) is 4.42. The zero-order chi connectivity index (χ0) is 26.4. The number of nitrogens with one attached hydrogen (secondary N) is 1. The summed E-state index contributed by atoms with van der Waals surface area (Å²) in [6.07, 6.45) is 0.750. The molecule has 1 aliphatic rings. The van der Waals surface area contributed by atoms with Crippen LogP contribution in [0, 0.1) is 0 Å². The second-order valence-corrected chi connectivity index (χ2v) is 9.38. The molecule has 0 radical (unpaired) electrons. The van der Waals surface area contributed by atoms with E-state index in [-0.39, 0.29) is 11.9 Å². The minimum absolute atomic E-state index is 0.142. The van der Waals surface area contributed by atoms with Crippen LogP contribution in [0.25, 0.3) is 0 Å². The van der Waals surface area contributed by atoms with Gasteiger partial charge < -0.3 is 15.2 Å². The Morgan fingerprint density at radius 3 is 2.36 bits per heavy atom. The Balaban J connectivity index is 1.77. The predicted octanol–water partition coefficient (Wildman–Crippen LogP) is 6.80. The second-order valence-electron chi connectivity index (χ2n) is 8.46. The Labute approximate surface area is 220 Å². The molecule has 0 saturated heterocycles. The Morgan fingerprint density at radius 1 is 1.08 bits per heavy atom. The Hall–Kier alpha value is -3.65. The summed E-state index contributed by atoms with van der Waals surface area (Å²) in [5.41, 5.74) is 1.98. The summed E-state index contributed by atoms with van der Waals surface area (Å²) in [4.78, 5) is 25.6. The number of hydrogen-bond donors (Lipinski definition) is 2. The predicted molar refractivity (Wildman–Crippen MR) is 143 cm³/mol. The lowest BCUT2D eigenvalue weighted by molar-refractivity contribution is -0.146. The fourth-order valence-electron chi connectivity index (χ4n) is 4.17. The van der Waals surface area contributed by atoms with Crippen LogP contribution < -0.4 is 5.32 Å². The number of aliphatic carboxylic acids is 1.